The average Bonchev–Trinajstić information content (AvgIpc) is 2.98. The van der Waals surface area contributed by atoms with Crippen LogP contribution in [-0.2, 0) is 16.5 Å². The van der Waals surface area contributed by atoms with Crippen molar-refractivity contribution in [2.75, 3.05) is 0 Å². The summed E-state index contributed by atoms with van der Waals surface area (Å²) in [5.74, 6) is 0. The molecule has 0 aliphatic carbocycles. The average molecular weight is 439 g/mol. The van der Waals surface area contributed by atoms with Crippen LogP contribution in [0, 0.1) is 19.9 Å². The van der Waals surface area contributed by atoms with Gasteiger partial charge < -0.3 is 5.32 Å². The Kier molecular flexibility index (Phi) is 12.2. The number of para-hydroxylation sites is 1. The van der Waals surface area contributed by atoms with Crippen molar-refractivity contribution in [1.29, 1.82) is 0 Å². The topological polar surface area (TPSA) is 44.1 Å². The second kappa shape index (κ2) is 14.7. The van der Waals surface area contributed by atoms with Gasteiger partial charge in [0.05, 0.1) is 0 Å². The molecule has 4 rings (SSSR count). The van der Waals surface area contributed by atoms with Gasteiger partial charge in [-0.25, -0.2) is 0 Å². The summed E-state index contributed by atoms with van der Waals surface area (Å²) in [5, 5.41) is 4.47. The van der Waals surface area contributed by atoms with Crippen molar-refractivity contribution < 1.29 is 16.5 Å². The van der Waals surface area contributed by atoms with Crippen molar-refractivity contribution in [1.82, 2.24) is 4.98 Å². The van der Waals surface area contributed by atoms with Gasteiger partial charge in [0.2, 0.25) is 0 Å². The van der Waals surface area contributed by atoms with E-state index < -0.39 is 0 Å². The summed E-state index contributed by atoms with van der Waals surface area (Å²) in [5.41, 5.74) is 3.47. The first-order chi connectivity index (χ1) is 14.2. The zero-order valence-corrected chi connectivity index (χ0v) is 18.0. The summed E-state index contributed by atoms with van der Waals surface area (Å²) in [7, 11) is 0. The summed E-state index contributed by atoms with van der Waals surface area (Å²) in [6.07, 6.45) is 3.50. The van der Waals surface area contributed by atoms with Crippen LogP contribution in [0.1, 0.15) is 11.1 Å². The maximum Gasteiger partial charge on any atom is 2.00 e. The van der Waals surface area contributed by atoms with Crippen LogP contribution >= 0.6 is 0 Å². The molecule has 30 heavy (non-hydrogen) atoms. The van der Waals surface area contributed by atoms with Gasteiger partial charge in [0.1, 0.15) is 0 Å². The van der Waals surface area contributed by atoms with E-state index in [-0.39, 0.29) is 21.9 Å². The minimum Gasteiger partial charge on any atom is -0.654 e. The molecule has 0 spiro atoms. The fourth-order valence-corrected chi connectivity index (χ4v) is 2.37. The van der Waals surface area contributed by atoms with Crippen LogP contribution in [-0.4, -0.2) is 4.98 Å². The molecule has 0 aliphatic rings. The smallest absolute Gasteiger partial charge is 0.654 e. The number of pyridine rings is 1. The molecule has 0 unspecified atom stereocenters. The van der Waals surface area contributed by atoms with E-state index >= 15 is 0 Å². The predicted octanol–water partition coefficient (Wildman–Crippen LogP) is 6.57. The fourth-order valence-electron chi connectivity index (χ4n) is 2.37. The Morgan fingerprint density at radius 3 is 1.73 bits per heavy atom. The van der Waals surface area contributed by atoms with Crippen molar-refractivity contribution in [3.63, 3.8) is 0 Å². The van der Waals surface area contributed by atoms with E-state index in [0.29, 0.717) is 5.69 Å². The Morgan fingerprint density at radius 1 is 0.700 bits per heavy atom. The molecule has 0 fully saturated rings. The van der Waals surface area contributed by atoms with E-state index in [4.69, 9.17) is 0 Å². The number of nitrogens with zero attached hydrogens (tertiary/aromatic N) is 2. The number of aromatic nitrogens is 1. The third-order valence-corrected chi connectivity index (χ3v) is 3.82. The van der Waals surface area contributed by atoms with Crippen molar-refractivity contribution in [3.8, 4) is 0 Å². The van der Waals surface area contributed by atoms with Gasteiger partial charge in [-0.2, -0.15) is 36.4 Å². The molecule has 0 atom stereocenters. The van der Waals surface area contributed by atoms with Crippen molar-refractivity contribution in [2.45, 2.75) is 13.8 Å². The van der Waals surface area contributed by atoms with Crippen LogP contribution in [0.4, 0.5) is 11.4 Å². The van der Waals surface area contributed by atoms with Crippen LogP contribution in [0.15, 0.2) is 114 Å². The largest absolute Gasteiger partial charge is 2.00 e. The molecular formula is C26H24N2NiO. The summed E-state index contributed by atoms with van der Waals surface area (Å²) in [6.45, 7) is 4.00. The predicted molar refractivity (Wildman–Crippen MR) is 121 cm³/mol. The fraction of sp³-hybridized carbons (Fsp3) is 0.0769. The number of hydrogen-bond acceptors (Lipinski definition) is 2. The van der Waals surface area contributed by atoms with Crippen LogP contribution in [0.25, 0.3) is 5.32 Å². The standard InChI is InChI=1S/C15H15NO.C6H5.C5H5N.Ni/c1-11-7-6-8-12(2)15(11)16-13-9-4-3-5-10-14(13)17;2*1-2-4-6-5-3-1;/h3-10H,1-2H3,(H,16,17);2*1-5H;/q;-1;;+2/p-1. The summed E-state index contributed by atoms with van der Waals surface area (Å²) in [4.78, 5) is 15.5. The monoisotopic (exact) mass is 438 g/mol. The van der Waals surface area contributed by atoms with E-state index in [0.717, 1.165) is 16.8 Å². The van der Waals surface area contributed by atoms with Crippen LogP contribution < -0.4 is 5.43 Å². The molecule has 0 saturated heterocycles. The number of hydrogen-bond donors (Lipinski definition) is 0. The van der Waals surface area contributed by atoms with Gasteiger partial charge in [-0.15, -0.1) is 5.69 Å². The molecule has 4 aromatic rings. The summed E-state index contributed by atoms with van der Waals surface area (Å²) in [6, 6.07) is 32.9. The van der Waals surface area contributed by atoms with Crippen molar-refractivity contribution in [3.05, 3.63) is 142 Å². The van der Waals surface area contributed by atoms with Crippen molar-refractivity contribution >= 4 is 11.4 Å². The SMILES string of the molecule is Cc1cccc(C)c1[N-]c1cccccc1=O.[Ni+2].[c-]1ccccc1.c1ccncc1. The molecule has 3 nitrogen and oxygen atoms in total. The normalized spacial score (nSPS) is 8.87. The number of rotatable bonds is 2. The number of aryl methyl sites for hydroxylation is 2. The van der Waals surface area contributed by atoms with Crippen LogP contribution in [0.3, 0.4) is 0 Å². The molecule has 4 heteroatoms. The third-order valence-electron chi connectivity index (χ3n) is 3.82. The van der Waals surface area contributed by atoms with Crippen LogP contribution in [0.5, 0.6) is 0 Å². The van der Waals surface area contributed by atoms with E-state index in [9.17, 15) is 4.79 Å². The molecule has 0 amide bonds. The van der Waals surface area contributed by atoms with Gasteiger partial charge in [-0.05, 0) is 32.0 Å². The molecule has 3 aromatic carbocycles. The maximum atomic E-state index is 11.8. The Morgan fingerprint density at radius 2 is 1.27 bits per heavy atom. The first kappa shape index (κ1) is 24.8. The Hall–Kier alpha value is -3.23. The second-order valence-electron chi connectivity index (χ2n) is 6.11. The van der Waals surface area contributed by atoms with Gasteiger partial charge >= 0.3 is 16.5 Å². The summed E-state index contributed by atoms with van der Waals surface area (Å²) >= 11 is 0. The first-order valence-corrected chi connectivity index (χ1v) is 9.32. The van der Waals surface area contributed by atoms with Gasteiger partial charge in [0.25, 0.3) is 0 Å². The van der Waals surface area contributed by atoms with E-state index in [2.05, 4.69) is 16.4 Å². The first-order valence-electron chi connectivity index (χ1n) is 9.32. The van der Waals surface area contributed by atoms with Gasteiger partial charge in [0.15, 0.2) is 5.43 Å². The Balaban J connectivity index is 0.000000283. The third kappa shape index (κ3) is 9.31. The number of benzene rings is 2. The zero-order chi connectivity index (χ0) is 20.7. The molecule has 154 valence electrons. The van der Waals surface area contributed by atoms with Gasteiger partial charge in [0, 0.05) is 12.4 Å². The minimum atomic E-state index is -0.0577. The van der Waals surface area contributed by atoms with Gasteiger partial charge in [-0.3, -0.25) is 9.78 Å². The molecule has 0 bridgehead atoms. The van der Waals surface area contributed by atoms with E-state index in [1.54, 1.807) is 24.5 Å². The molecule has 0 radical (unpaired) electrons. The van der Waals surface area contributed by atoms with Gasteiger partial charge in [-0.1, -0.05) is 65.3 Å². The quantitative estimate of drug-likeness (QED) is 0.262. The molecular weight excluding hydrogens is 415 g/mol. The second-order valence-corrected chi connectivity index (χ2v) is 6.11. The van der Waals surface area contributed by atoms with Crippen molar-refractivity contribution in [2.24, 2.45) is 0 Å². The molecule has 1 heterocycles. The van der Waals surface area contributed by atoms with E-state index in [1.165, 1.54) is 6.07 Å². The Labute approximate surface area is 188 Å². The minimum absolute atomic E-state index is 0. The maximum absolute atomic E-state index is 11.8. The van der Waals surface area contributed by atoms with Crippen LogP contribution in [0.2, 0.25) is 0 Å². The Bertz CT molecular complexity index is 920. The summed E-state index contributed by atoms with van der Waals surface area (Å²) < 4.78 is 0. The molecule has 1 aromatic heterocycles. The zero-order valence-electron chi connectivity index (χ0n) is 17.0. The molecule has 0 aliphatic heterocycles. The van der Waals surface area contributed by atoms with E-state index in [1.807, 2.05) is 92.7 Å². The molecule has 0 N–H and O–H groups in total. The molecule has 0 saturated carbocycles.